The molecule has 0 bridgehead atoms. The molecule has 2 N–H and O–H groups in total. The summed E-state index contributed by atoms with van der Waals surface area (Å²) in [6.07, 6.45) is 7.66. The van der Waals surface area contributed by atoms with Gasteiger partial charge in [0, 0.05) is 5.02 Å². The fourth-order valence-corrected chi connectivity index (χ4v) is 1.33. The molecule has 0 unspecified atom stereocenters. The predicted molar refractivity (Wildman–Crippen MR) is 63.4 cm³/mol. The number of unbranched alkanes of at least 4 members (excludes halogenated alkanes) is 2. The van der Waals surface area contributed by atoms with E-state index in [9.17, 15) is 0 Å². The SMILES string of the molecule is NCCCC/C=C\c1ccc(Cl)cc1. The van der Waals surface area contributed by atoms with E-state index in [1.807, 2.05) is 24.3 Å². The average Bonchev–Trinajstić information content (AvgIpc) is 2.21. The average molecular weight is 210 g/mol. The van der Waals surface area contributed by atoms with Crippen LogP contribution in [0.4, 0.5) is 0 Å². The first kappa shape index (κ1) is 11.3. The molecule has 0 aliphatic heterocycles. The zero-order valence-corrected chi connectivity index (χ0v) is 9.00. The summed E-state index contributed by atoms with van der Waals surface area (Å²) in [5, 5.41) is 0.783. The smallest absolute Gasteiger partial charge is 0.0406 e. The quantitative estimate of drug-likeness (QED) is 0.739. The van der Waals surface area contributed by atoms with Gasteiger partial charge in [-0.2, -0.15) is 0 Å². The van der Waals surface area contributed by atoms with Crippen LogP contribution in [0.1, 0.15) is 24.8 Å². The predicted octanol–water partition coefficient (Wildman–Crippen LogP) is 3.48. The maximum atomic E-state index is 5.78. The van der Waals surface area contributed by atoms with Crippen LogP contribution < -0.4 is 5.73 Å². The Morgan fingerprint density at radius 3 is 2.50 bits per heavy atom. The largest absolute Gasteiger partial charge is 0.330 e. The van der Waals surface area contributed by atoms with Crippen LogP contribution in [0.15, 0.2) is 30.3 Å². The highest BCUT2D eigenvalue weighted by molar-refractivity contribution is 6.30. The van der Waals surface area contributed by atoms with E-state index in [1.165, 1.54) is 12.0 Å². The third-order valence-electron chi connectivity index (χ3n) is 2.01. The van der Waals surface area contributed by atoms with Crippen molar-refractivity contribution in [2.75, 3.05) is 6.54 Å². The van der Waals surface area contributed by atoms with Crippen LogP contribution in [0.2, 0.25) is 5.02 Å². The van der Waals surface area contributed by atoms with Crippen molar-refractivity contribution in [2.24, 2.45) is 5.73 Å². The van der Waals surface area contributed by atoms with E-state index in [1.54, 1.807) is 0 Å². The molecule has 0 aliphatic rings. The number of nitrogens with two attached hydrogens (primary N) is 1. The molecule has 2 heteroatoms. The number of benzene rings is 1. The number of allylic oxidation sites excluding steroid dienone is 1. The minimum absolute atomic E-state index is 0.783. The summed E-state index contributed by atoms with van der Waals surface area (Å²) in [4.78, 5) is 0. The third kappa shape index (κ3) is 4.45. The van der Waals surface area contributed by atoms with Crippen LogP contribution >= 0.6 is 11.6 Å². The third-order valence-corrected chi connectivity index (χ3v) is 2.26. The molecule has 0 saturated carbocycles. The summed E-state index contributed by atoms with van der Waals surface area (Å²) in [6, 6.07) is 7.84. The second kappa shape index (κ2) is 6.63. The summed E-state index contributed by atoms with van der Waals surface area (Å²) in [5.74, 6) is 0. The molecule has 0 amide bonds. The molecule has 0 radical (unpaired) electrons. The van der Waals surface area contributed by atoms with Crippen LogP contribution in [0.3, 0.4) is 0 Å². The van der Waals surface area contributed by atoms with E-state index in [0.29, 0.717) is 0 Å². The van der Waals surface area contributed by atoms with Gasteiger partial charge in [-0.3, -0.25) is 0 Å². The van der Waals surface area contributed by atoms with E-state index in [2.05, 4.69) is 12.2 Å². The number of rotatable bonds is 5. The molecule has 0 fully saturated rings. The van der Waals surface area contributed by atoms with E-state index in [-0.39, 0.29) is 0 Å². The van der Waals surface area contributed by atoms with Crippen LogP contribution in [-0.4, -0.2) is 6.54 Å². The lowest BCUT2D eigenvalue weighted by atomic mass is 10.1. The van der Waals surface area contributed by atoms with Crippen molar-refractivity contribution in [3.63, 3.8) is 0 Å². The Hall–Kier alpha value is -0.790. The van der Waals surface area contributed by atoms with E-state index in [4.69, 9.17) is 17.3 Å². The van der Waals surface area contributed by atoms with E-state index >= 15 is 0 Å². The number of halogens is 1. The Bertz CT molecular complexity index is 277. The Kier molecular flexibility index (Phi) is 5.35. The van der Waals surface area contributed by atoms with Crippen molar-refractivity contribution < 1.29 is 0 Å². The summed E-state index contributed by atoms with van der Waals surface area (Å²) < 4.78 is 0. The first-order valence-electron chi connectivity index (χ1n) is 4.95. The Morgan fingerprint density at radius 2 is 1.86 bits per heavy atom. The van der Waals surface area contributed by atoms with Crippen molar-refractivity contribution in [3.05, 3.63) is 40.9 Å². The molecule has 0 spiro atoms. The minimum Gasteiger partial charge on any atom is -0.330 e. The summed E-state index contributed by atoms with van der Waals surface area (Å²) in [7, 11) is 0. The number of hydrogen-bond acceptors (Lipinski definition) is 1. The normalized spacial score (nSPS) is 11.0. The van der Waals surface area contributed by atoms with Gasteiger partial charge < -0.3 is 5.73 Å². The van der Waals surface area contributed by atoms with Gasteiger partial charge in [0.25, 0.3) is 0 Å². The van der Waals surface area contributed by atoms with Crippen LogP contribution in [0, 0.1) is 0 Å². The molecule has 76 valence electrons. The molecule has 14 heavy (non-hydrogen) atoms. The highest BCUT2D eigenvalue weighted by atomic mass is 35.5. The van der Waals surface area contributed by atoms with Gasteiger partial charge in [0.1, 0.15) is 0 Å². The van der Waals surface area contributed by atoms with Crippen molar-refractivity contribution in [1.29, 1.82) is 0 Å². The number of hydrogen-bond donors (Lipinski definition) is 1. The van der Waals surface area contributed by atoms with Crippen molar-refractivity contribution in [1.82, 2.24) is 0 Å². The molecule has 0 saturated heterocycles. The molecular weight excluding hydrogens is 194 g/mol. The fraction of sp³-hybridized carbons (Fsp3) is 0.333. The topological polar surface area (TPSA) is 26.0 Å². The monoisotopic (exact) mass is 209 g/mol. The Morgan fingerprint density at radius 1 is 1.14 bits per heavy atom. The molecule has 1 nitrogen and oxygen atoms in total. The lowest BCUT2D eigenvalue weighted by Gasteiger charge is -1.94. The van der Waals surface area contributed by atoms with Gasteiger partial charge in [0.15, 0.2) is 0 Å². The summed E-state index contributed by atoms with van der Waals surface area (Å²) in [5.41, 5.74) is 6.60. The zero-order valence-electron chi connectivity index (χ0n) is 8.25. The molecule has 1 aromatic rings. The standard InChI is InChI=1S/C12H16ClN/c13-12-8-6-11(7-9-12)5-3-1-2-4-10-14/h3,5-9H,1-2,4,10,14H2/b5-3-. The molecular formula is C12H16ClN. The van der Waals surface area contributed by atoms with Crippen LogP contribution in [0.5, 0.6) is 0 Å². The fourth-order valence-electron chi connectivity index (χ4n) is 1.20. The van der Waals surface area contributed by atoms with Gasteiger partial charge in [0.05, 0.1) is 0 Å². The second-order valence-corrected chi connectivity index (χ2v) is 3.67. The van der Waals surface area contributed by atoms with Gasteiger partial charge in [-0.25, -0.2) is 0 Å². The molecule has 0 heterocycles. The van der Waals surface area contributed by atoms with Gasteiger partial charge in [-0.15, -0.1) is 0 Å². The summed E-state index contributed by atoms with van der Waals surface area (Å²) in [6.45, 7) is 0.786. The van der Waals surface area contributed by atoms with Crippen LogP contribution in [-0.2, 0) is 0 Å². The van der Waals surface area contributed by atoms with Crippen molar-refractivity contribution in [2.45, 2.75) is 19.3 Å². The lowest BCUT2D eigenvalue weighted by Crippen LogP contribution is -1.96. The van der Waals surface area contributed by atoms with Gasteiger partial charge in [0.2, 0.25) is 0 Å². The van der Waals surface area contributed by atoms with E-state index in [0.717, 1.165) is 24.4 Å². The highest BCUT2D eigenvalue weighted by Gasteiger charge is 1.87. The molecule has 0 aromatic heterocycles. The second-order valence-electron chi connectivity index (χ2n) is 3.24. The Labute approximate surface area is 90.6 Å². The first-order chi connectivity index (χ1) is 6.83. The molecule has 1 rings (SSSR count). The van der Waals surface area contributed by atoms with Crippen molar-refractivity contribution in [3.8, 4) is 0 Å². The van der Waals surface area contributed by atoms with Gasteiger partial charge in [-0.05, 0) is 43.5 Å². The van der Waals surface area contributed by atoms with Crippen LogP contribution in [0.25, 0.3) is 6.08 Å². The van der Waals surface area contributed by atoms with Crippen molar-refractivity contribution >= 4 is 17.7 Å². The minimum atomic E-state index is 0.783. The lowest BCUT2D eigenvalue weighted by molar-refractivity contribution is 0.760. The van der Waals surface area contributed by atoms with E-state index < -0.39 is 0 Å². The van der Waals surface area contributed by atoms with Gasteiger partial charge in [-0.1, -0.05) is 35.9 Å². The summed E-state index contributed by atoms with van der Waals surface area (Å²) >= 11 is 5.78. The first-order valence-corrected chi connectivity index (χ1v) is 5.33. The van der Waals surface area contributed by atoms with Gasteiger partial charge >= 0.3 is 0 Å². The maximum Gasteiger partial charge on any atom is 0.0406 e. The molecule has 0 aliphatic carbocycles. The molecule has 0 atom stereocenters. The maximum absolute atomic E-state index is 5.78. The zero-order chi connectivity index (χ0) is 10.2. The Balaban J connectivity index is 2.33. The molecule has 1 aromatic carbocycles. The highest BCUT2D eigenvalue weighted by Crippen LogP contribution is 2.11.